The van der Waals surface area contributed by atoms with Crippen LogP contribution in [0.25, 0.3) is 0 Å². The minimum Gasteiger partial charge on any atom is -0.316 e. The second kappa shape index (κ2) is 10.8. The maximum Gasteiger partial charge on any atom is 0.0175 e. The smallest absolute Gasteiger partial charge is 0.0175 e. The highest BCUT2D eigenvalue weighted by atomic mass is 79.9. The minimum atomic E-state index is 0.650. The van der Waals surface area contributed by atoms with Crippen LogP contribution in [-0.4, -0.2) is 24.6 Å². The predicted molar refractivity (Wildman–Crippen MR) is 92.3 cm³/mol. The van der Waals surface area contributed by atoms with Crippen LogP contribution in [-0.2, 0) is 0 Å². The standard InChI is InChI=1S/C16H26BrNS/c1-3-11-18-13-15(6-5-12-19-4-2)14-7-9-16(17)10-8-14/h7-10,15,18H,3-6,11-13H2,1-2H3. The molecule has 0 saturated heterocycles. The van der Waals surface area contributed by atoms with Crippen molar-refractivity contribution in [2.45, 2.75) is 39.0 Å². The maximum atomic E-state index is 3.57. The first-order valence-electron chi connectivity index (χ1n) is 7.31. The minimum absolute atomic E-state index is 0.650. The Bertz CT molecular complexity index is 326. The number of thioether (sulfide) groups is 1. The van der Waals surface area contributed by atoms with E-state index in [0.717, 1.165) is 17.6 Å². The molecule has 1 rings (SSSR count). The van der Waals surface area contributed by atoms with Crippen LogP contribution in [0.5, 0.6) is 0 Å². The van der Waals surface area contributed by atoms with Crippen molar-refractivity contribution >= 4 is 27.7 Å². The fourth-order valence-corrected chi connectivity index (χ4v) is 3.07. The molecule has 0 amide bonds. The monoisotopic (exact) mass is 343 g/mol. The van der Waals surface area contributed by atoms with Gasteiger partial charge in [-0.05, 0) is 60.9 Å². The molecule has 0 fully saturated rings. The number of halogens is 1. The first-order valence-corrected chi connectivity index (χ1v) is 9.26. The molecule has 108 valence electrons. The van der Waals surface area contributed by atoms with Crippen molar-refractivity contribution in [3.8, 4) is 0 Å². The molecule has 0 radical (unpaired) electrons. The Morgan fingerprint density at radius 2 is 1.95 bits per heavy atom. The summed E-state index contributed by atoms with van der Waals surface area (Å²) in [6.07, 6.45) is 3.80. The third-order valence-electron chi connectivity index (χ3n) is 3.20. The van der Waals surface area contributed by atoms with E-state index < -0.39 is 0 Å². The Balaban J connectivity index is 2.49. The predicted octanol–water partition coefficient (Wildman–Crippen LogP) is 5.07. The molecular formula is C16H26BrNS. The van der Waals surface area contributed by atoms with Crippen molar-refractivity contribution in [2.75, 3.05) is 24.6 Å². The van der Waals surface area contributed by atoms with Crippen molar-refractivity contribution in [1.29, 1.82) is 0 Å². The van der Waals surface area contributed by atoms with E-state index in [-0.39, 0.29) is 0 Å². The quantitative estimate of drug-likeness (QED) is 0.595. The third kappa shape index (κ3) is 7.38. The Hall–Kier alpha value is 0.01000. The topological polar surface area (TPSA) is 12.0 Å². The highest BCUT2D eigenvalue weighted by Crippen LogP contribution is 2.23. The van der Waals surface area contributed by atoms with Gasteiger partial charge in [0.25, 0.3) is 0 Å². The fourth-order valence-electron chi connectivity index (χ4n) is 2.15. The highest BCUT2D eigenvalue weighted by molar-refractivity contribution is 9.10. The van der Waals surface area contributed by atoms with Gasteiger partial charge in [0.2, 0.25) is 0 Å². The number of rotatable bonds is 10. The van der Waals surface area contributed by atoms with Gasteiger partial charge in [-0.2, -0.15) is 11.8 Å². The highest BCUT2D eigenvalue weighted by Gasteiger charge is 2.10. The number of hydrogen-bond donors (Lipinski definition) is 1. The van der Waals surface area contributed by atoms with Gasteiger partial charge in [0.1, 0.15) is 0 Å². The molecule has 1 nitrogen and oxygen atoms in total. The van der Waals surface area contributed by atoms with Crippen LogP contribution in [0.1, 0.15) is 44.6 Å². The van der Waals surface area contributed by atoms with Gasteiger partial charge >= 0.3 is 0 Å². The Labute approximate surface area is 131 Å². The summed E-state index contributed by atoms with van der Waals surface area (Å²) >= 11 is 5.56. The zero-order valence-corrected chi connectivity index (χ0v) is 14.5. The van der Waals surface area contributed by atoms with E-state index in [0.29, 0.717) is 5.92 Å². The summed E-state index contributed by atoms with van der Waals surface area (Å²) < 4.78 is 1.16. The van der Waals surface area contributed by atoms with Crippen LogP contribution in [0.15, 0.2) is 28.7 Å². The Morgan fingerprint density at radius 3 is 2.58 bits per heavy atom. The van der Waals surface area contributed by atoms with E-state index in [4.69, 9.17) is 0 Å². The molecule has 0 spiro atoms. The van der Waals surface area contributed by atoms with Crippen molar-refractivity contribution in [2.24, 2.45) is 0 Å². The lowest BCUT2D eigenvalue weighted by Gasteiger charge is -2.18. The van der Waals surface area contributed by atoms with Crippen molar-refractivity contribution in [1.82, 2.24) is 5.32 Å². The van der Waals surface area contributed by atoms with Gasteiger partial charge < -0.3 is 5.32 Å². The number of hydrogen-bond acceptors (Lipinski definition) is 2. The van der Waals surface area contributed by atoms with E-state index in [1.54, 1.807) is 0 Å². The zero-order chi connectivity index (χ0) is 13.9. The summed E-state index contributed by atoms with van der Waals surface area (Å²) in [4.78, 5) is 0. The number of nitrogens with one attached hydrogen (secondary N) is 1. The average Bonchev–Trinajstić information content (AvgIpc) is 2.43. The molecule has 1 aromatic carbocycles. The van der Waals surface area contributed by atoms with Crippen molar-refractivity contribution < 1.29 is 0 Å². The van der Waals surface area contributed by atoms with E-state index in [1.807, 2.05) is 11.8 Å². The zero-order valence-electron chi connectivity index (χ0n) is 12.1. The molecule has 0 aliphatic heterocycles. The lowest BCUT2D eigenvalue weighted by atomic mass is 9.94. The lowest BCUT2D eigenvalue weighted by molar-refractivity contribution is 0.544. The summed E-state index contributed by atoms with van der Waals surface area (Å²) in [5.41, 5.74) is 1.47. The molecule has 1 N–H and O–H groups in total. The van der Waals surface area contributed by atoms with Gasteiger partial charge in [-0.3, -0.25) is 0 Å². The molecule has 0 aliphatic rings. The summed E-state index contributed by atoms with van der Waals surface area (Å²) in [6, 6.07) is 8.83. The molecule has 0 aromatic heterocycles. The van der Waals surface area contributed by atoms with Gasteiger partial charge in [-0.1, -0.05) is 41.9 Å². The normalized spacial score (nSPS) is 12.6. The van der Waals surface area contributed by atoms with Crippen LogP contribution >= 0.6 is 27.7 Å². The van der Waals surface area contributed by atoms with Gasteiger partial charge in [0.15, 0.2) is 0 Å². The molecule has 0 saturated carbocycles. The molecule has 0 heterocycles. The van der Waals surface area contributed by atoms with Gasteiger partial charge in [-0.15, -0.1) is 0 Å². The van der Waals surface area contributed by atoms with Crippen LogP contribution in [0.4, 0.5) is 0 Å². The molecule has 1 aromatic rings. The van der Waals surface area contributed by atoms with Crippen molar-refractivity contribution in [3.63, 3.8) is 0 Å². The summed E-state index contributed by atoms with van der Waals surface area (Å²) in [5, 5.41) is 3.57. The summed E-state index contributed by atoms with van der Waals surface area (Å²) in [6.45, 7) is 6.68. The molecule has 0 bridgehead atoms. The Morgan fingerprint density at radius 1 is 1.21 bits per heavy atom. The SMILES string of the molecule is CCCNCC(CCCSCC)c1ccc(Br)cc1. The van der Waals surface area contributed by atoms with Crippen LogP contribution < -0.4 is 5.32 Å². The van der Waals surface area contributed by atoms with Crippen LogP contribution in [0.3, 0.4) is 0 Å². The molecule has 1 unspecified atom stereocenters. The summed E-state index contributed by atoms with van der Waals surface area (Å²) in [5.74, 6) is 3.17. The first-order chi connectivity index (χ1) is 9.27. The van der Waals surface area contributed by atoms with E-state index in [2.05, 4.69) is 59.4 Å². The molecule has 3 heteroatoms. The largest absolute Gasteiger partial charge is 0.316 e. The second-order valence-corrected chi connectivity index (χ2v) is 7.10. The number of benzene rings is 1. The Kier molecular flexibility index (Phi) is 9.66. The lowest BCUT2D eigenvalue weighted by Crippen LogP contribution is -2.22. The molecule has 1 atom stereocenters. The van der Waals surface area contributed by atoms with Gasteiger partial charge in [0.05, 0.1) is 0 Å². The van der Waals surface area contributed by atoms with Crippen LogP contribution in [0, 0.1) is 0 Å². The molecular weight excluding hydrogens is 318 g/mol. The van der Waals surface area contributed by atoms with E-state index >= 15 is 0 Å². The second-order valence-electron chi connectivity index (χ2n) is 4.79. The van der Waals surface area contributed by atoms with E-state index in [9.17, 15) is 0 Å². The van der Waals surface area contributed by atoms with E-state index in [1.165, 1.54) is 36.3 Å². The first kappa shape index (κ1) is 17.1. The molecule has 19 heavy (non-hydrogen) atoms. The van der Waals surface area contributed by atoms with Crippen LogP contribution in [0.2, 0.25) is 0 Å². The maximum absolute atomic E-state index is 3.57. The van der Waals surface area contributed by atoms with Crippen molar-refractivity contribution in [3.05, 3.63) is 34.3 Å². The summed E-state index contributed by atoms with van der Waals surface area (Å²) in [7, 11) is 0. The molecule has 0 aliphatic carbocycles. The van der Waals surface area contributed by atoms with Gasteiger partial charge in [-0.25, -0.2) is 0 Å². The average molecular weight is 344 g/mol. The fraction of sp³-hybridized carbons (Fsp3) is 0.625. The van der Waals surface area contributed by atoms with Gasteiger partial charge in [0, 0.05) is 11.0 Å². The third-order valence-corrected chi connectivity index (χ3v) is 4.72.